The second kappa shape index (κ2) is 7.69. The molecule has 0 saturated heterocycles. The van der Waals surface area contributed by atoms with Crippen LogP contribution in [0, 0.1) is 5.82 Å². The van der Waals surface area contributed by atoms with Crippen molar-refractivity contribution in [3.05, 3.63) is 59.9 Å². The van der Waals surface area contributed by atoms with E-state index in [4.69, 9.17) is 10.8 Å². The summed E-state index contributed by atoms with van der Waals surface area (Å²) >= 11 is 0. The van der Waals surface area contributed by atoms with E-state index in [1.54, 1.807) is 12.1 Å². The van der Waals surface area contributed by atoms with Crippen molar-refractivity contribution in [1.29, 1.82) is 0 Å². The number of benzene rings is 2. The Labute approximate surface area is 135 Å². The van der Waals surface area contributed by atoms with Crippen LogP contribution in [0.15, 0.2) is 58.3 Å². The molecule has 0 fully saturated rings. The lowest BCUT2D eigenvalue weighted by molar-refractivity contribution is 0.265. The zero-order valence-electron chi connectivity index (χ0n) is 11.6. The number of hydrogen-bond acceptors (Lipinski definition) is 4. The molecule has 0 aliphatic carbocycles. The van der Waals surface area contributed by atoms with Crippen molar-refractivity contribution in [2.24, 2.45) is 5.73 Å². The van der Waals surface area contributed by atoms with Gasteiger partial charge in [0.05, 0.1) is 16.4 Å². The van der Waals surface area contributed by atoms with Crippen molar-refractivity contribution in [1.82, 2.24) is 0 Å². The third-order valence-electron chi connectivity index (χ3n) is 3.09. The van der Waals surface area contributed by atoms with Crippen molar-refractivity contribution in [3.63, 3.8) is 0 Å². The Hall–Kier alpha value is -1.47. The Morgan fingerprint density at radius 3 is 1.91 bits per heavy atom. The van der Waals surface area contributed by atoms with Crippen LogP contribution in [0.25, 0.3) is 0 Å². The minimum Gasteiger partial charge on any atom is -0.395 e. The van der Waals surface area contributed by atoms with Gasteiger partial charge in [0.15, 0.2) is 0 Å². The van der Waals surface area contributed by atoms with E-state index in [1.165, 1.54) is 24.3 Å². The number of nitrogens with two attached hydrogens (primary N) is 1. The van der Waals surface area contributed by atoms with Crippen molar-refractivity contribution in [2.75, 3.05) is 6.61 Å². The molecule has 2 aromatic rings. The molecule has 0 radical (unpaired) electrons. The minimum atomic E-state index is -3.65. The molecular weight excluding hydrogens is 329 g/mol. The Kier molecular flexibility index (Phi) is 6.49. The number of halogens is 2. The van der Waals surface area contributed by atoms with Gasteiger partial charge < -0.3 is 10.8 Å². The number of aliphatic hydroxyl groups is 1. The van der Waals surface area contributed by atoms with Gasteiger partial charge in [-0.05, 0) is 48.4 Å². The summed E-state index contributed by atoms with van der Waals surface area (Å²) < 4.78 is 37.6. The van der Waals surface area contributed by atoms with Gasteiger partial charge in [0.1, 0.15) is 5.82 Å². The van der Waals surface area contributed by atoms with Gasteiger partial charge in [-0.25, -0.2) is 12.8 Å². The quantitative estimate of drug-likeness (QED) is 0.812. The van der Waals surface area contributed by atoms with E-state index in [2.05, 4.69) is 0 Å². The summed E-state index contributed by atoms with van der Waals surface area (Å²) in [7, 11) is -3.65. The van der Waals surface area contributed by atoms with Gasteiger partial charge in [0, 0.05) is 6.04 Å². The summed E-state index contributed by atoms with van der Waals surface area (Å²) in [6, 6.07) is 10.6. The highest BCUT2D eigenvalue weighted by Crippen LogP contribution is 2.21. The third-order valence-corrected chi connectivity index (χ3v) is 4.88. The summed E-state index contributed by atoms with van der Waals surface area (Å²) in [5.41, 5.74) is 6.47. The summed E-state index contributed by atoms with van der Waals surface area (Å²) in [5.74, 6) is -0.484. The number of sulfone groups is 1. The Balaban J connectivity index is 0.00000242. The largest absolute Gasteiger partial charge is 0.395 e. The highest BCUT2D eigenvalue weighted by atomic mass is 35.5. The number of rotatable bonds is 5. The molecule has 3 N–H and O–H groups in total. The first kappa shape index (κ1) is 18.6. The van der Waals surface area contributed by atoms with E-state index in [1.807, 2.05) is 0 Å². The van der Waals surface area contributed by atoms with E-state index in [9.17, 15) is 12.8 Å². The normalized spacial score (nSPS) is 12.5. The molecule has 0 saturated carbocycles. The van der Waals surface area contributed by atoms with Crippen molar-refractivity contribution < 1.29 is 17.9 Å². The van der Waals surface area contributed by atoms with Gasteiger partial charge in [-0.1, -0.05) is 12.1 Å². The second-order valence-corrected chi connectivity index (χ2v) is 6.70. The molecule has 2 rings (SSSR count). The smallest absolute Gasteiger partial charge is 0.206 e. The van der Waals surface area contributed by atoms with Crippen molar-refractivity contribution >= 4 is 22.2 Å². The molecule has 0 amide bonds. The fourth-order valence-electron chi connectivity index (χ4n) is 1.92. The fraction of sp³-hybridized carbons (Fsp3) is 0.200. The van der Waals surface area contributed by atoms with Crippen LogP contribution >= 0.6 is 12.4 Å². The number of aliphatic hydroxyl groups excluding tert-OH is 1. The van der Waals surface area contributed by atoms with Crippen molar-refractivity contribution in [2.45, 2.75) is 22.3 Å². The second-order valence-electron chi connectivity index (χ2n) is 4.75. The zero-order chi connectivity index (χ0) is 15.5. The van der Waals surface area contributed by atoms with Gasteiger partial charge in [-0.15, -0.1) is 12.4 Å². The third kappa shape index (κ3) is 4.27. The molecule has 1 unspecified atom stereocenters. The van der Waals surface area contributed by atoms with Crippen LogP contribution < -0.4 is 5.73 Å². The lowest BCUT2D eigenvalue weighted by atomic mass is 10.1. The fourth-order valence-corrected chi connectivity index (χ4v) is 3.18. The maximum atomic E-state index is 12.9. The average Bonchev–Trinajstić information content (AvgIpc) is 2.48. The Morgan fingerprint density at radius 1 is 1.00 bits per heavy atom. The van der Waals surface area contributed by atoms with Gasteiger partial charge in [0.2, 0.25) is 9.84 Å². The summed E-state index contributed by atoms with van der Waals surface area (Å²) in [4.78, 5) is 0.180. The summed E-state index contributed by atoms with van der Waals surface area (Å²) in [6.45, 7) is -0.129. The van der Waals surface area contributed by atoms with E-state index in [0.29, 0.717) is 6.42 Å². The predicted octanol–water partition coefficient (Wildman–Crippen LogP) is 1.94. The minimum absolute atomic E-state index is 0. The van der Waals surface area contributed by atoms with Crippen LogP contribution in [-0.4, -0.2) is 26.2 Å². The van der Waals surface area contributed by atoms with Gasteiger partial charge in [0.25, 0.3) is 0 Å². The molecule has 1 atom stereocenters. The van der Waals surface area contributed by atoms with Gasteiger partial charge in [-0.3, -0.25) is 0 Å². The maximum Gasteiger partial charge on any atom is 0.206 e. The Bertz CT molecular complexity index is 703. The molecule has 0 aliphatic heterocycles. The average molecular weight is 346 g/mol. The molecule has 7 heteroatoms. The van der Waals surface area contributed by atoms with E-state index in [-0.39, 0.29) is 34.8 Å². The molecule has 0 spiro atoms. The summed E-state index contributed by atoms with van der Waals surface area (Å²) in [6.07, 6.45) is 0.466. The van der Waals surface area contributed by atoms with Crippen LogP contribution in [0.2, 0.25) is 0 Å². The monoisotopic (exact) mass is 345 g/mol. The lowest BCUT2D eigenvalue weighted by Gasteiger charge is -2.09. The highest BCUT2D eigenvalue weighted by molar-refractivity contribution is 7.91. The molecule has 22 heavy (non-hydrogen) atoms. The molecule has 120 valence electrons. The van der Waals surface area contributed by atoms with E-state index < -0.39 is 15.7 Å². The molecule has 2 aromatic carbocycles. The lowest BCUT2D eigenvalue weighted by Crippen LogP contribution is -2.26. The van der Waals surface area contributed by atoms with Crippen LogP contribution in [-0.2, 0) is 16.3 Å². The highest BCUT2D eigenvalue weighted by Gasteiger charge is 2.17. The standard InChI is InChI=1S/C15H16FNO3S.ClH/c16-12-3-7-15(8-4-12)21(19,20)14-5-1-11(2-6-14)9-13(17)10-18;/h1-8,13,18H,9-10,17H2;1H. The van der Waals surface area contributed by atoms with Crippen LogP contribution in [0.4, 0.5) is 4.39 Å². The zero-order valence-corrected chi connectivity index (χ0v) is 13.3. The molecule has 0 aliphatic rings. The molecule has 0 heterocycles. The maximum absolute atomic E-state index is 12.9. The summed E-state index contributed by atoms with van der Waals surface area (Å²) in [5, 5.41) is 8.90. The first-order chi connectivity index (χ1) is 9.93. The molecule has 0 bridgehead atoms. The number of hydrogen-bond donors (Lipinski definition) is 2. The topological polar surface area (TPSA) is 80.4 Å². The first-order valence-corrected chi connectivity index (χ1v) is 7.88. The van der Waals surface area contributed by atoms with E-state index in [0.717, 1.165) is 17.7 Å². The van der Waals surface area contributed by atoms with Gasteiger partial charge in [-0.2, -0.15) is 0 Å². The molecule has 0 aromatic heterocycles. The van der Waals surface area contributed by atoms with E-state index >= 15 is 0 Å². The van der Waals surface area contributed by atoms with Crippen LogP contribution in [0.3, 0.4) is 0 Å². The first-order valence-electron chi connectivity index (χ1n) is 6.39. The van der Waals surface area contributed by atoms with Crippen LogP contribution in [0.1, 0.15) is 5.56 Å². The Morgan fingerprint density at radius 2 is 1.45 bits per heavy atom. The van der Waals surface area contributed by atoms with Crippen LogP contribution in [0.5, 0.6) is 0 Å². The SMILES string of the molecule is Cl.NC(CO)Cc1ccc(S(=O)(=O)c2ccc(F)cc2)cc1. The van der Waals surface area contributed by atoms with Gasteiger partial charge >= 0.3 is 0 Å². The predicted molar refractivity (Wildman–Crippen MR) is 84.3 cm³/mol. The molecular formula is C15H17ClFNO3S. The van der Waals surface area contributed by atoms with Crippen molar-refractivity contribution in [3.8, 4) is 0 Å². The molecule has 4 nitrogen and oxygen atoms in total.